The van der Waals surface area contributed by atoms with E-state index in [1.165, 1.54) is 0 Å². The molecule has 3 amide bonds. The van der Waals surface area contributed by atoms with E-state index in [1.54, 1.807) is 11.0 Å². The van der Waals surface area contributed by atoms with Crippen molar-refractivity contribution in [2.75, 3.05) is 25.0 Å². The van der Waals surface area contributed by atoms with Gasteiger partial charge in [-0.15, -0.1) is 0 Å². The lowest BCUT2D eigenvalue weighted by atomic mass is 10.2. The van der Waals surface area contributed by atoms with Crippen LogP contribution in [-0.2, 0) is 20.9 Å². The molecule has 0 spiro atoms. The van der Waals surface area contributed by atoms with Crippen LogP contribution >= 0.6 is 0 Å². The molecule has 2 atom stereocenters. The van der Waals surface area contributed by atoms with E-state index in [2.05, 4.69) is 10.6 Å². The molecule has 2 N–H and O–H groups in total. The van der Waals surface area contributed by atoms with E-state index in [9.17, 15) is 14.4 Å². The van der Waals surface area contributed by atoms with Gasteiger partial charge in [0.25, 0.3) is 0 Å². The second-order valence-corrected chi connectivity index (χ2v) is 6.64. The zero-order valence-corrected chi connectivity index (χ0v) is 14.3. The summed E-state index contributed by atoms with van der Waals surface area (Å²) in [7, 11) is 0. The van der Waals surface area contributed by atoms with Gasteiger partial charge in [0.05, 0.1) is 6.54 Å². The molecule has 1 aromatic rings. The Morgan fingerprint density at radius 1 is 1.36 bits per heavy atom. The third-order valence-electron chi connectivity index (χ3n) is 4.53. The molecule has 3 rings (SSSR count). The maximum absolute atomic E-state index is 12.0. The molecule has 0 bridgehead atoms. The monoisotopic (exact) mass is 345 g/mol. The molecule has 0 radical (unpaired) electrons. The Morgan fingerprint density at radius 2 is 2.16 bits per heavy atom. The fourth-order valence-electron chi connectivity index (χ4n) is 2.88. The third kappa shape index (κ3) is 4.71. The largest absolute Gasteiger partial charge is 0.448 e. The van der Waals surface area contributed by atoms with Crippen molar-refractivity contribution in [3.8, 4) is 0 Å². The number of carbonyl (C=O) groups excluding carboxylic acids is 3. The molecule has 1 saturated carbocycles. The number of amides is 3. The van der Waals surface area contributed by atoms with Gasteiger partial charge in [0.2, 0.25) is 11.8 Å². The quantitative estimate of drug-likeness (QED) is 0.788. The Bertz CT molecular complexity index is 676. The molecule has 1 aliphatic heterocycles. The normalized spacial score (nSPS) is 21.6. The van der Waals surface area contributed by atoms with Crippen molar-refractivity contribution >= 4 is 23.6 Å². The SMILES string of the molecule is CC1CC1C(=O)NCCC(=O)Nc1cccc(CN2CCOC2=O)c1. The van der Waals surface area contributed by atoms with Crippen LogP contribution < -0.4 is 10.6 Å². The molecule has 2 fully saturated rings. The number of hydrogen-bond acceptors (Lipinski definition) is 4. The molecule has 134 valence electrons. The summed E-state index contributed by atoms with van der Waals surface area (Å²) in [5.41, 5.74) is 1.60. The summed E-state index contributed by atoms with van der Waals surface area (Å²) < 4.78 is 4.91. The summed E-state index contributed by atoms with van der Waals surface area (Å²) in [5.74, 6) is 0.475. The summed E-state index contributed by atoms with van der Waals surface area (Å²) in [5, 5.41) is 5.62. The highest BCUT2D eigenvalue weighted by Gasteiger charge is 2.38. The van der Waals surface area contributed by atoms with Crippen molar-refractivity contribution in [2.24, 2.45) is 11.8 Å². The first kappa shape index (κ1) is 17.3. The lowest BCUT2D eigenvalue weighted by molar-refractivity contribution is -0.122. The van der Waals surface area contributed by atoms with Gasteiger partial charge < -0.3 is 20.3 Å². The predicted octanol–water partition coefficient (Wildman–Crippen LogP) is 1.74. The van der Waals surface area contributed by atoms with Gasteiger partial charge in [-0.1, -0.05) is 19.1 Å². The number of hydrogen-bond donors (Lipinski definition) is 2. The van der Waals surface area contributed by atoms with Crippen LogP contribution in [-0.4, -0.2) is 42.5 Å². The Kier molecular flexibility index (Phi) is 5.21. The molecule has 2 aliphatic rings. The predicted molar refractivity (Wildman–Crippen MR) is 91.7 cm³/mol. The summed E-state index contributed by atoms with van der Waals surface area (Å²) in [6, 6.07) is 7.38. The minimum atomic E-state index is -0.310. The number of ether oxygens (including phenoxy) is 1. The van der Waals surface area contributed by atoms with Crippen LogP contribution in [0.3, 0.4) is 0 Å². The molecule has 1 aromatic carbocycles. The maximum Gasteiger partial charge on any atom is 0.410 e. The number of benzene rings is 1. The molecule has 7 nitrogen and oxygen atoms in total. The first-order valence-electron chi connectivity index (χ1n) is 8.61. The van der Waals surface area contributed by atoms with Crippen molar-refractivity contribution in [3.63, 3.8) is 0 Å². The number of nitrogens with zero attached hydrogens (tertiary/aromatic N) is 1. The second kappa shape index (κ2) is 7.55. The molecule has 1 aliphatic carbocycles. The van der Waals surface area contributed by atoms with Gasteiger partial charge in [0.15, 0.2) is 0 Å². The smallest absolute Gasteiger partial charge is 0.410 e. The van der Waals surface area contributed by atoms with E-state index in [0.29, 0.717) is 37.8 Å². The number of rotatable bonds is 7. The Labute approximate surface area is 146 Å². The van der Waals surface area contributed by atoms with Gasteiger partial charge in [0.1, 0.15) is 6.61 Å². The van der Waals surface area contributed by atoms with Crippen molar-refractivity contribution in [3.05, 3.63) is 29.8 Å². The highest BCUT2D eigenvalue weighted by Crippen LogP contribution is 2.37. The number of cyclic esters (lactones) is 1. The number of anilines is 1. The van der Waals surface area contributed by atoms with E-state index in [1.807, 2.05) is 25.1 Å². The summed E-state index contributed by atoms with van der Waals surface area (Å²) >= 11 is 0. The van der Waals surface area contributed by atoms with Crippen LogP contribution in [0.15, 0.2) is 24.3 Å². The second-order valence-electron chi connectivity index (χ2n) is 6.64. The number of nitrogens with one attached hydrogen (secondary N) is 2. The van der Waals surface area contributed by atoms with Crippen LogP contribution in [0.25, 0.3) is 0 Å². The molecule has 0 aromatic heterocycles. The number of carbonyl (C=O) groups is 3. The van der Waals surface area contributed by atoms with Crippen LogP contribution in [0.4, 0.5) is 10.5 Å². The van der Waals surface area contributed by atoms with Gasteiger partial charge >= 0.3 is 6.09 Å². The molecule has 7 heteroatoms. The van der Waals surface area contributed by atoms with Crippen LogP contribution in [0.2, 0.25) is 0 Å². The van der Waals surface area contributed by atoms with E-state index in [0.717, 1.165) is 12.0 Å². The zero-order chi connectivity index (χ0) is 17.8. The average molecular weight is 345 g/mol. The lowest BCUT2D eigenvalue weighted by Crippen LogP contribution is -2.29. The molecule has 25 heavy (non-hydrogen) atoms. The first-order valence-corrected chi connectivity index (χ1v) is 8.61. The van der Waals surface area contributed by atoms with Crippen molar-refractivity contribution in [1.29, 1.82) is 0 Å². The summed E-state index contributed by atoms with van der Waals surface area (Å²) in [6.45, 7) is 3.84. The van der Waals surface area contributed by atoms with Gasteiger partial charge in [-0.25, -0.2) is 4.79 Å². The zero-order valence-electron chi connectivity index (χ0n) is 14.3. The lowest BCUT2D eigenvalue weighted by Gasteiger charge is -2.13. The van der Waals surface area contributed by atoms with Crippen molar-refractivity contribution < 1.29 is 19.1 Å². The van der Waals surface area contributed by atoms with E-state index in [4.69, 9.17) is 4.74 Å². The summed E-state index contributed by atoms with van der Waals surface area (Å²) in [6.07, 6.45) is 0.861. The molecule has 1 saturated heterocycles. The standard InChI is InChI=1S/C18H23N3O4/c1-12-9-15(12)17(23)19-6-5-16(22)20-14-4-2-3-13(10-14)11-21-7-8-25-18(21)24/h2-4,10,12,15H,5-9,11H2,1H3,(H,19,23)(H,20,22). The highest BCUT2D eigenvalue weighted by molar-refractivity contribution is 5.91. The Balaban J connectivity index is 1.43. The minimum Gasteiger partial charge on any atom is -0.448 e. The minimum absolute atomic E-state index is 0.0415. The van der Waals surface area contributed by atoms with Gasteiger partial charge in [-0.2, -0.15) is 0 Å². The summed E-state index contributed by atoms with van der Waals surface area (Å²) in [4.78, 5) is 36.8. The Morgan fingerprint density at radius 3 is 2.84 bits per heavy atom. The van der Waals surface area contributed by atoms with Crippen molar-refractivity contribution in [2.45, 2.75) is 26.3 Å². The molecule has 1 heterocycles. The van der Waals surface area contributed by atoms with E-state index in [-0.39, 0.29) is 30.2 Å². The highest BCUT2D eigenvalue weighted by atomic mass is 16.6. The average Bonchev–Trinajstić information content (AvgIpc) is 3.18. The fraction of sp³-hybridized carbons (Fsp3) is 0.500. The van der Waals surface area contributed by atoms with E-state index < -0.39 is 0 Å². The van der Waals surface area contributed by atoms with Gasteiger partial charge in [-0.3, -0.25) is 9.59 Å². The van der Waals surface area contributed by atoms with Gasteiger partial charge in [-0.05, 0) is 30.0 Å². The van der Waals surface area contributed by atoms with Gasteiger partial charge in [0, 0.05) is 31.1 Å². The van der Waals surface area contributed by atoms with Crippen molar-refractivity contribution in [1.82, 2.24) is 10.2 Å². The fourth-order valence-corrected chi connectivity index (χ4v) is 2.88. The molecular formula is C18H23N3O4. The third-order valence-corrected chi connectivity index (χ3v) is 4.53. The maximum atomic E-state index is 12.0. The van der Waals surface area contributed by atoms with E-state index >= 15 is 0 Å². The Hall–Kier alpha value is -2.57. The molecule has 2 unspecified atom stereocenters. The van der Waals surface area contributed by atoms with Crippen LogP contribution in [0.1, 0.15) is 25.3 Å². The van der Waals surface area contributed by atoms with Crippen LogP contribution in [0, 0.1) is 11.8 Å². The first-order chi connectivity index (χ1) is 12.0. The topological polar surface area (TPSA) is 87.7 Å². The molecular weight excluding hydrogens is 322 g/mol. The van der Waals surface area contributed by atoms with Crippen LogP contribution in [0.5, 0.6) is 0 Å².